The fourth-order valence-corrected chi connectivity index (χ4v) is 2.46. The molecule has 0 bridgehead atoms. The Kier molecular flexibility index (Phi) is 4.27. The number of phenols is 1. The number of carbonyl (C=O) groups is 3. The van der Waals surface area contributed by atoms with Crippen LogP contribution in [-0.4, -0.2) is 40.2 Å². The van der Waals surface area contributed by atoms with Crippen LogP contribution in [0.15, 0.2) is 6.07 Å². The van der Waals surface area contributed by atoms with E-state index in [0.717, 1.165) is 0 Å². The Balaban J connectivity index is 2.45. The third-order valence-corrected chi connectivity index (χ3v) is 3.66. The topological polar surface area (TPSA) is 113 Å². The van der Waals surface area contributed by atoms with Crippen molar-refractivity contribution in [1.82, 2.24) is 5.32 Å². The van der Waals surface area contributed by atoms with E-state index >= 15 is 0 Å². The number of cyclic esters (lactones) is 1. The third-order valence-electron chi connectivity index (χ3n) is 3.32. The molecule has 0 aromatic heterocycles. The van der Waals surface area contributed by atoms with Crippen molar-refractivity contribution in [1.29, 1.82) is 0 Å². The van der Waals surface area contributed by atoms with Gasteiger partial charge in [0.05, 0.1) is 5.56 Å². The molecule has 1 aromatic rings. The lowest BCUT2D eigenvalue weighted by molar-refractivity contribution is -0.138. The molecule has 22 heavy (non-hydrogen) atoms. The van der Waals surface area contributed by atoms with Gasteiger partial charge in [-0.15, -0.1) is 0 Å². The van der Waals surface area contributed by atoms with Crippen molar-refractivity contribution in [2.24, 2.45) is 0 Å². The molecule has 1 aromatic carbocycles. The number of fused-ring (bicyclic) bond motifs is 1. The Morgan fingerprint density at radius 1 is 1.50 bits per heavy atom. The van der Waals surface area contributed by atoms with Crippen molar-refractivity contribution in [2.75, 3.05) is 0 Å². The van der Waals surface area contributed by atoms with Gasteiger partial charge in [0.1, 0.15) is 23.5 Å². The summed E-state index contributed by atoms with van der Waals surface area (Å²) in [7, 11) is 0. The molecule has 1 aliphatic rings. The number of phenolic OH excluding ortho intramolecular Hbond substituents is 1. The Bertz CT molecular complexity index is 672. The number of halogens is 1. The molecule has 2 rings (SSSR count). The Hall–Kier alpha value is -2.28. The van der Waals surface area contributed by atoms with Gasteiger partial charge in [-0.3, -0.25) is 9.59 Å². The molecule has 0 aliphatic carbocycles. The summed E-state index contributed by atoms with van der Waals surface area (Å²) >= 11 is 6.08. The van der Waals surface area contributed by atoms with Crippen molar-refractivity contribution in [3.05, 3.63) is 27.8 Å². The smallest absolute Gasteiger partial charge is 0.342 e. The van der Waals surface area contributed by atoms with Crippen molar-refractivity contribution < 1.29 is 29.3 Å². The minimum atomic E-state index is -1.23. The Morgan fingerprint density at radius 2 is 2.14 bits per heavy atom. The van der Waals surface area contributed by atoms with Crippen molar-refractivity contribution in [2.45, 2.75) is 32.4 Å². The summed E-state index contributed by atoms with van der Waals surface area (Å²) in [5, 5.41) is 21.3. The number of aromatic hydroxyl groups is 1. The molecule has 0 radical (unpaired) electrons. The van der Waals surface area contributed by atoms with Gasteiger partial charge < -0.3 is 20.3 Å². The maximum Gasteiger partial charge on any atom is 0.342 e. The van der Waals surface area contributed by atoms with E-state index in [1.807, 2.05) is 0 Å². The number of carboxylic acid groups (broad SMARTS) is 1. The van der Waals surface area contributed by atoms with Crippen LogP contribution in [0.25, 0.3) is 0 Å². The molecule has 1 aliphatic heterocycles. The number of hydrogen-bond donors (Lipinski definition) is 3. The van der Waals surface area contributed by atoms with Crippen molar-refractivity contribution >= 4 is 29.4 Å². The SMILES string of the molecule is CC1Cc2c(Cl)cc(C(=O)NC(C)C(=O)O)c(O)c2C(=O)O1. The zero-order chi connectivity index (χ0) is 16.6. The first-order chi connectivity index (χ1) is 10.2. The average molecular weight is 328 g/mol. The number of ether oxygens (including phenoxy) is 1. The van der Waals surface area contributed by atoms with Gasteiger partial charge in [-0.25, -0.2) is 4.79 Å². The van der Waals surface area contributed by atoms with Crippen LogP contribution >= 0.6 is 11.6 Å². The number of rotatable bonds is 3. The molecule has 0 spiro atoms. The van der Waals surface area contributed by atoms with Crippen molar-refractivity contribution in [3.8, 4) is 5.75 Å². The van der Waals surface area contributed by atoms with Crippen LogP contribution in [0, 0.1) is 0 Å². The summed E-state index contributed by atoms with van der Waals surface area (Å²) in [5.41, 5.74) is -0.0205. The number of esters is 1. The molecule has 8 heteroatoms. The summed E-state index contributed by atoms with van der Waals surface area (Å²) in [6.07, 6.45) is -0.0652. The van der Waals surface area contributed by atoms with Crippen LogP contribution in [-0.2, 0) is 16.0 Å². The molecule has 0 fully saturated rings. The zero-order valence-corrected chi connectivity index (χ0v) is 12.6. The summed E-state index contributed by atoms with van der Waals surface area (Å²) in [6, 6.07) is 0.0546. The molecule has 0 saturated carbocycles. The molecule has 7 nitrogen and oxygen atoms in total. The molecule has 2 unspecified atom stereocenters. The van der Waals surface area contributed by atoms with Gasteiger partial charge in [0.2, 0.25) is 0 Å². The Morgan fingerprint density at radius 3 is 2.73 bits per heavy atom. The lowest BCUT2D eigenvalue weighted by Gasteiger charge is -2.24. The van der Waals surface area contributed by atoms with Crippen molar-refractivity contribution in [3.63, 3.8) is 0 Å². The first-order valence-corrected chi connectivity index (χ1v) is 6.89. The fraction of sp³-hybridized carbons (Fsp3) is 0.357. The molecular formula is C14H14ClNO6. The number of aliphatic carboxylic acids is 1. The lowest BCUT2D eigenvalue weighted by Crippen LogP contribution is -2.38. The molecular weight excluding hydrogens is 314 g/mol. The minimum Gasteiger partial charge on any atom is -0.506 e. The minimum absolute atomic E-state index is 0.143. The standard InChI is InChI=1S/C14H14ClNO6/c1-5-3-7-9(15)4-8(11(17)10(7)14(21)22-5)12(18)16-6(2)13(19)20/h4-6,17H,3H2,1-2H3,(H,16,18)(H,19,20). The van der Waals surface area contributed by atoms with Crippen LogP contribution in [0.4, 0.5) is 0 Å². The van der Waals surface area contributed by atoms with Gasteiger partial charge in [0.25, 0.3) is 5.91 Å². The molecule has 0 saturated heterocycles. The van der Waals surface area contributed by atoms with E-state index in [1.165, 1.54) is 13.0 Å². The Labute approximate surface area is 130 Å². The maximum absolute atomic E-state index is 12.0. The van der Waals surface area contributed by atoms with E-state index in [-0.39, 0.29) is 22.3 Å². The number of carboxylic acids is 1. The largest absolute Gasteiger partial charge is 0.506 e. The first kappa shape index (κ1) is 16.1. The normalized spacial score (nSPS) is 18.1. The fourth-order valence-electron chi connectivity index (χ4n) is 2.18. The van der Waals surface area contributed by atoms with Crippen LogP contribution in [0.3, 0.4) is 0 Å². The predicted octanol–water partition coefficient (Wildman–Crippen LogP) is 1.35. The van der Waals surface area contributed by atoms with E-state index in [2.05, 4.69) is 5.32 Å². The van der Waals surface area contributed by atoms with Gasteiger partial charge in [0.15, 0.2) is 0 Å². The second-order valence-electron chi connectivity index (χ2n) is 5.06. The maximum atomic E-state index is 12.0. The summed E-state index contributed by atoms with van der Waals surface area (Å²) < 4.78 is 5.02. The van der Waals surface area contributed by atoms with Crippen LogP contribution in [0.2, 0.25) is 5.02 Å². The second-order valence-corrected chi connectivity index (χ2v) is 5.47. The number of carbonyl (C=O) groups excluding carboxylic acids is 2. The van der Waals surface area contributed by atoms with Gasteiger partial charge in [-0.05, 0) is 25.5 Å². The van der Waals surface area contributed by atoms with E-state index in [1.54, 1.807) is 6.92 Å². The number of benzene rings is 1. The van der Waals surface area contributed by atoms with Crippen LogP contribution in [0.5, 0.6) is 5.75 Å². The highest BCUT2D eigenvalue weighted by Gasteiger charge is 2.32. The van der Waals surface area contributed by atoms with Gasteiger partial charge in [-0.2, -0.15) is 0 Å². The van der Waals surface area contributed by atoms with E-state index in [0.29, 0.717) is 12.0 Å². The van der Waals surface area contributed by atoms with Crippen LogP contribution in [0.1, 0.15) is 40.1 Å². The first-order valence-electron chi connectivity index (χ1n) is 6.51. The summed E-state index contributed by atoms with van der Waals surface area (Å²) in [4.78, 5) is 34.7. The molecule has 1 heterocycles. The second kappa shape index (κ2) is 5.84. The van der Waals surface area contributed by atoms with Gasteiger partial charge >= 0.3 is 11.9 Å². The van der Waals surface area contributed by atoms with E-state index < -0.39 is 29.6 Å². The molecule has 118 valence electrons. The van der Waals surface area contributed by atoms with Gasteiger partial charge in [0, 0.05) is 11.4 Å². The third kappa shape index (κ3) is 2.85. The predicted molar refractivity (Wildman–Crippen MR) is 76.3 cm³/mol. The summed E-state index contributed by atoms with van der Waals surface area (Å²) in [6.45, 7) is 2.95. The quantitative estimate of drug-likeness (QED) is 0.722. The highest BCUT2D eigenvalue weighted by molar-refractivity contribution is 6.32. The number of hydrogen-bond acceptors (Lipinski definition) is 5. The lowest BCUT2D eigenvalue weighted by atomic mass is 9.95. The number of nitrogens with one attached hydrogen (secondary N) is 1. The van der Waals surface area contributed by atoms with E-state index in [9.17, 15) is 19.5 Å². The van der Waals surface area contributed by atoms with Crippen LogP contribution < -0.4 is 5.32 Å². The van der Waals surface area contributed by atoms with E-state index in [4.69, 9.17) is 21.4 Å². The number of amides is 1. The highest BCUT2D eigenvalue weighted by Crippen LogP contribution is 2.36. The molecule has 2 atom stereocenters. The summed E-state index contributed by atoms with van der Waals surface area (Å²) in [5.74, 6) is -3.41. The molecule has 3 N–H and O–H groups in total. The zero-order valence-electron chi connectivity index (χ0n) is 11.8. The highest BCUT2D eigenvalue weighted by atomic mass is 35.5. The molecule has 1 amide bonds. The monoisotopic (exact) mass is 327 g/mol. The van der Waals surface area contributed by atoms with Gasteiger partial charge in [-0.1, -0.05) is 11.6 Å². The average Bonchev–Trinajstić information content (AvgIpc) is 2.41.